The maximum atomic E-state index is 11.6. The van der Waals surface area contributed by atoms with E-state index in [-0.39, 0.29) is 18.5 Å². The van der Waals surface area contributed by atoms with Gasteiger partial charge in [-0.05, 0) is 37.1 Å². The number of benzene rings is 1. The van der Waals surface area contributed by atoms with Gasteiger partial charge in [0.05, 0.1) is 6.42 Å². The van der Waals surface area contributed by atoms with Crippen molar-refractivity contribution in [1.82, 2.24) is 0 Å². The van der Waals surface area contributed by atoms with Crippen molar-refractivity contribution in [2.45, 2.75) is 32.8 Å². The molecule has 0 aliphatic rings. The SMILES string of the molecule is C#CC[C@@H](C)OC(=O)Cc1ccc(Br)cc1C. The first-order valence-corrected chi connectivity index (χ1v) is 6.20. The molecule has 1 aromatic rings. The number of terminal acetylenes is 1. The second-order valence-corrected chi connectivity index (χ2v) is 4.87. The molecule has 3 heteroatoms. The first-order chi connectivity index (χ1) is 8.02. The van der Waals surface area contributed by atoms with Crippen LogP contribution in [0.2, 0.25) is 0 Å². The molecule has 17 heavy (non-hydrogen) atoms. The summed E-state index contributed by atoms with van der Waals surface area (Å²) in [7, 11) is 0. The molecule has 0 aromatic heterocycles. The predicted octanol–water partition coefficient (Wildman–Crippen LogP) is 3.26. The number of ether oxygens (including phenoxy) is 1. The summed E-state index contributed by atoms with van der Waals surface area (Å²) in [4.78, 5) is 11.6. The van der Waals surface area contributed by atoms with Crippen molar-refractivity contribution in [1.29, 1.82) is 0 Å². The van der Waals surface area contributed by atoms with Gasteiger partial charge in [-0.25, -0.2) is 0 Å². The van der Waals surface area contributed by atoms with Crippen LogP contribution >= 0.6 is 15.9 Å². The van der Waals surface area contributed by atoms with Crippen molar-refractivity contribution in [3.8, 4) is 12.3 Å². The van der Waals surface area contributed by atoms with E-state index in [0.29, 0.717) is 6.42 Å². The minimum atomic E-state index is -0.238. The molecular formula is C14H15BrO2. The molecular weight excluding hydrogens is 280 g/mol. The van der Waals surface area contributed by atoms with Crippen molar-refractivity contribution in [3.63, 3.8) is 0 Å². The highest BCUT2D eigenvalue weighted by Crippen LogP contribution is 2.16. The van der Waals surface area contributed by atoms with Crippen molar-refractivity contribution in [3.05, 3.63) is 33.8 Å². The summed E-state index contributed by atoms with van der Waals surface area (Å²) < 4.78 is 6.19. The van der Waals surface area contributed by atoms with Crippen LogP contribution in [0.15, 0.2) is 22.7 Å². The summed E-state index contributed by atoms with van der Waals surface area (Å²) in [6.07, 6.45) is 5.67. The lowest BCUT2D eigenvalue weighted by Gasteiger charge is -2.11. The number of aryl methyl sites for hydroxylation is 1. The summed E-state index contributed by atoms with van der Waals surface area (Å²) in [5.41, 5.74) is 2.05. The smallest absolute Gasteiger partial charge is 0.310 e. The van der Waals surface area contributed by atoms with Crippen LogP contribution in [-0.4, -0.2) is 12.1 Å². The van der Waals surface area contributed by atoms with E-state index in [1.807, 2.05) is 25.1 Å². The van der Waals surface area contributed by atoms with Crippen molar-refractivity contribution in [2.75, 3.05) is 0 Å². The Balaban J connectivity index is 2.60. The molecule has 0 saturated heterocycles. The molecule has 0 spiro atoms. The third-order valence-electron chi connectivity index (χ3n) is 2.38. The number of halogens is 1. The Labute approximate surface area is 110 Å². The van der Waals surface area contributed by atoms with Gasteiger partial charge in [0.15, 0.2) is 0 Å². The number of hydrogen-bond acceptors (Lipinski definition) is 2. The fourth-order valence-corrected chi connectivity index (χ4v) is 1.96. The van der Waals surface area contributed by atoms with Crippen molar-refractivity contribution in [2.24, 2.45) is 0 Å². The van der Waals surface area contributed by atoms with Crippen LogP contribution in [0.4, 0.5) is 0 Å². The monoisotopic (exact) mass is 294 g/mol. The van der Waals surface area contributed by atoms with Gasteiger partial charge in [-0.1, -0.05) is 22.0 Å². The van der Waals surface area contributed by atoms with Gasteiger partial charge in [-0.15, -0.1) is 12.3 Å². The second-order valence-electron chi connectivity index (χ2n) is 3.96. The van der Waals surface area contributed by atoms with Gasteiger partial charge in [0, 0.05) is 10.9 Å². The number of hydrogen-bond donors (Lipinski definition) is 0. The lowest BCUT2D eigenvalue weighted by atomic mass is 10.1. The molecule has 0 heterocycles. The molecule has 0 amide bonds. The molecule has 0 aliphatic heterocycles. The molecule has 1 aromatic carbocycles. The van der Waals surface area contributed by atoms with Gasteiger partial charge in [0.2, 0.25) is 0 Å². The van der Waals surface area contributed by atoms with Gasteiger partial charge in [0.1, 0.15) is 6.10 Å². The molecule has 2 nitrogen and oxygen atoms in total. The minimum Gasteiger partial charge on any atom is -0.461 e. The van der Waals surface area contributed by atoms with E-state index in [4.69, 9.17) is 11.2 Å². The van der Waals surface area contributed by atoms with Crippen LogP contribution in [0.5, 0.6) is 0 Å². The van der Waals surface area contributed by atoms with E-state index in [2.05, 4.69) is 21.9 Å². The summed E-state index contributed by atoms with van der Waals surface area (Å²) >= 11 is 3.38. The molecule has 0 bridgehead atoms. The average Bonchev–Trinajstić information content (AvgIpc) is 2.22. The molecule has 0 fully saturated rings. The quantitative estimate of drug-likeness (QED) is 0.629. The first-order valence-electron chi connectivity index (χ1n) is 5.41. The highest BCUT2D eigenvalue weighted by molar-refractivity contribution is 9.10. The fourth-order valence-electron chi connectivity index (χ4n) is 1.49. The lowest BCUT2D eigenvalue weighted by Crippen LogP contribution is -2.16. The van der Waals surface area contributed by atoms with E-state index < -0.39 is 0 Å². The number of rotatable bonds is 4. The normalized spacial score (nSPS) is 11.6. The maximum Gasteiger partial charge on any atom is 0.310 e. The molecule has 0 N–H and O–H groups in total. The summed E-state index contributed by atoms with van der Waals surface area (Å²) in [6, 6.07) is 5.82. The molecule has 0 aliphatic carbocycles. The molecule has 1 atom stereocenters. The lowest BCUT2D eigenvalue weighted by molar-refractivity contribution is -0.147. The van der Waals surface area contributed by atoms with E-state index in [0.717, 1.165) is 15.6 Å². The fraction of sp³-hybridized carbons (Fsp3) is 0.357. The zero-order valence-electron chi connectivity index (χ0n) is 10.00. The van der Waals surface area contributed by atoms with E-state index in [1.54, 1.807) is 6.92 Å². The zero-order chi connectivity index (χ0) is 12.8. The molecule has 0 radical (unpaired) electrons. The molecule has 0 unspecified atom stereocenters. The standard InChI is InChI=1S/C14H15BrO2/c1-4-5-11(3)17-14(16)9-12-6-7-13(15)8-10(12)2/h1,6-8,11H,5,9H2,2-3H3/t11-/m1/s1. The van der Waals surface area contributed by atoms with Crippen LogP contribution in [-0.2, 0) is 16.0 Å². The number of esters is 1. The molecule has 0 saturated carbocycles. The highest BCUT2D eigenvalue weighted by Gasteiger charge is 2.10. The Kier molecular flexibility index (Phi) is 5.24. The van der Waals surface area contributed by atoms with Gasteiger partial charge in [0.25, 0.3) is 0 Å². The minimum absolute atomic E-state index is 0.219. The third-order valence-corrected chi connectivity index (χ3v) is 2.87. The molecule has 1 rings (SSSR count). The van der Waals surface area contributed by atoms with E-state index in [9.17, 15) is 4.79 Å². The Hall–Kier alpha value is -1.27. The topological polar surface area (TPSA) is 26.3 Å². The second kappa shape index (κ2) is 6.46. The Bertz CT molecular complexity index is 446. The van der Waals surface area contributed by atoms with Gasteiger partial charge >= 0.3 is 5.97 Å². The van der Waals surface area contributed by atoms with Crippen LogP contribution in [0.3, 0.4) is 0 Å². The van der Waals surface area contributed by atoms with E-state index >= 15 is 0 Å². The van der Waals surface area contributed by atoms with Crippen LogP contribution in [0.1, 0.15) is 24.5 Å². The van der Waals surface area contributed by atoms with Crippen LogP contribution in [0, 0.1) is 19.3 Å². The first kappa shape index (κ1) is 13.8. The summed E-state index contributed by atoms with van der Waals surface area (Å²) in [5.74, 6) is 2.23. The summed E-state index contributed by atoms with van der Waals surface area (Å²) in [6.45, 7) is 3.77. The van der Waals surface area contributed by atoms with E-state index in [1.165, 1.54) is 0 Å². The zero-order valence-corrected chi connectivity index (χ0v) is 11.6. The molecule has 90 valence electrons. The Morgan fingerprint density at radius 3 is 2.88 bits per heavy atom. The third kappa shape index (κ3) is 4.62. The average molecular weight is 295 g/mol. The van der Waals surface area contributed by atoms with Crippen LogP contribution < -0.4 is 0 Å². The predicted molar refractivity (Wildman–Crippen MR) is 71.6 cm³/mol. The number of carbonyl (C=O) groups is 1. The summed E-state index contributed by atoms with van der Waals surface area (Å²) in [5, 5.41) is 0. The Morgan fingerprint density at radius 1 is 1.59 bits per heavy atom. The largest absolute Gasteiger partial charge is 0.461 e. The highest BCUT2D eigenvalue weighted by atomic mass is 79.9. The Morgan fingerprint density at radius 2 is 2.29 bits per heavy atom. The number of carbonyl (C=O) groups excluding carboxylic acids is 1. The van der Waals surface area contributed by atoms with Crippen molar-refractivity contribution < 1.29 is 9.53 Å². The van der Waals surface area contributed by atoms with Crippen molar-refractivity contribution >= 4 is 21.9 Å². The van der Waals surface area contributed by atoms with Crippen LogP contribution in [0.25, 0.3) is 0 Å². The van der Waals surface area contributed by atoms with Gasteiger partial charge in [-0.2, -0.15) is 0 Å². The van der Waals surface area contributed by atoms with Gasteiger partial charge in [-0.3, -0.25) is 4.79 Å². The maximum absolute atomic E-state index is 11.6. The van der Waals surface area contributed by atoms with Gasteiger partial charge < -0.3 is 4.74 Å².